The van der Waals surface area contributed by atoms with Gasteiger partial charge in [-0.3, -0.25) is 4.79 Å². The van der Waals surface area contributed by atoms with Gasteiger partial charge >= 0.3 is 0 Å². The first-order valence-corrected chi connectivity index (χ1v) is 11.0. The van der Waals surface area contributed by atoms with Gasteiger partial charge in [0.05, 0.1) is 7.11 Å². The normalized spacial score (nSPS) is 13.7. The minimum atomic E-state index is -0.364. The number of ether oxygens (including phenoxy) is 1. The standard InChI is InChI=1S/C26H23FN4O3/c1-33-23-11-9-22(10-12-23)30-13-15-31(16-14-30)26(32)19-7-5-18(6-8-19)25-28-24(29-34-25)20-3-2-4-21(27)17-20/h2-12,17H,13-16H2,1H3. The van der Waals surface area contributed by atoms with E-state index in [1.54, 1.807) is 43.5 Å². The van der Waals surface area contributed by atoms with Crippen molar-refractivity contribution in [3.05, 3.63) is 84.2 Å². The Morgan fingerprint density at radius 2 is 1.68 bits per heavy atom. The van der Waals surface area contributed by atoms with Gasteiger partial charge in [-0.2, -0.15) is 4.98 Å². The molecule has 7 nitrogen and oxygen atoms in total. The first-order chi connectivity index (χ1) is 16.6. The van der Waals surface area contributed by atoms with E-state index >= 15 is 0 Å². The van der Waals surface area contributed by atoms with Crippen LogP contribution in [0.5, 0.6) is 5.75 Å². The summed E-state index contributed by atoms with van der Waals surface area (Å²) >= 11 is 0. The summed E-state index contributed by atoms with van der Waals surface area (Å²) in [7, 11) is 1.65. The molecule has 0 aliphatic carbocycles. The lowest BCUT2D eigenvalue weighted by Gasteiger charge is -2.36. The molecule has 1 saturated heterocycles. The van der Waals surface area contributed by atoms with Gasteiger partial charge in [-0.1, -0.05) is 17.3 Å². The number of carbonyl (C=O) groups excluding carboxylic acids is 1. The summed E-state index contributed by atoms with van der Waals surface area (Å²) in [5.74, 6) is 1.07. The van der Waals surface area contributed by atoms with Crippen LogP contribution in [-0.2, 0) is 0 Å². The number of nitrogens with zero attached hydrogens (tertiary/aromatic N) is 4. The van der Waals surface area contributed by atoms with Gasteiger partial charge in [-0.15, -0.1) is 0 Å². The second-order valence-electron chi connectivity index (χ2n) is 7.99. The number of carbonyl (C=O) groups is 1. The van der Waals surface area contributed by atoms with E-state index in [0.717, 1.165) is 24.5 Å². The van der Waals surface area contributed by atoms with E-state index in [0.29, 0.717) is 41.5 Å². The number of anilines is 1. The van der Waals surface area contributed by atoms with E-state index in [9.17, 15) is 9.18 Å². The Balaban J connectivity index is 1.22. The average molecular weight is 458 g/mol. The smallest absolute Gasteiger partial charge is 0.258 e. The van der Waals surface area contributed by atoms with Crippen LogP contribution in [-0.4, -0.2) is 54.2 Å². The third-order valence-corrected chi connectivity index (χ3v) is 5.89. The molecule has 0 saturated carbocycles. The van der Waals surface area contributed by atoms with Crippen LogP contribution in [0.1, 0.15) is 10.4 Å². The van der Waals surface area contributed by atoms with Gasteiger partial charge in [0.15, 0.2) is 0 Å². The number of aromatic nitrogens is 2. The van der Waals surface area contributed by atoms with Crippen molar-refractivity contribution in [2.24, 2.45) is 0 Å². The molecule has 1 aliphatic heterocycles. The molecule has 2 heterocycles. The van der Waals surface area contributed by atoms with Crippen LogP contribution >= 0.6 is 0 Å². The van der Waals surface area contributed by atoms with E-state index in [2.05, 4.69) is 15.0 Å². The Kier molecular flexibility index (Phi) is 5.95. The monoisotopic (exact) mass is 458 g/mol. The summed E-state index contributed by atoms with van der Waals surface area (Å²) in [6, 6.07) is 21.1. The summed E-state index contributed by atoms with van der Waals surface area (Å²) in [4.78, 5) is 21.5. The van der Waals surface area contributed by atoms with Crippen molar-refractivity contribution >= 4 is 11.6 Å². The molecule has 0 bridgehead atoms. The Morgan fingerprint density at radius 3 is 2.35 bits per heavy atom. The van der Waals surface area contributed by atoms with Gasteiger partial charge < -0.3 is 19.1 Å². The van der Waals surface area contributed by atoms with Crippen molar-refractivity contribution in [2.75, 3.05) is 38.2 Å². The zero-order chi connectivity index (χ0) is 23.5. The first kappa shape index (κ1) is 21.6. The van der Waals surface area contributed by atoms with Gasteiger partial charge in [-0.25, -0.2) is 4.39 Å². The van der Waals surface area contributed by atoms with Crippen LogP contribution in [0.4, 0.5) is 10.1 Å². The molecule has 3 aromatic carbocycles. The van der Waals surface area contributed by atoms with Gasteiger partial charge in [0.1, 0.15) is 11.6 Å². The fourth-order valence-corrected chi connectivity index (χ4v) is 3.98. The third-order valence-electron chi connectivity index (χ3n) is 5.89. The van der Waals surface area contributed by atoms with Crippen molar-refractivity contribution in [3.63, 3.8) is 0 Å². The summed E-state index contributed by atoms with van der Waals surface area (Å²) in [6.45, 7) is 2.82. The summed E-state index contributed by atoms with van der Waals surface area (Å²) < 4.78 is 24.0. The molecule has 1 aliphatic rings. The minimum Gasteiger partial charge on any atom is -0.497 e. The lowest BCUT2D eigenvalue weighted by Crippen LogP contribution is -2.48. The van der Waals surface area contributed by atoms with Crippen molar-refractivity contribution in [1.29, 1.82) is 0 Å². The van der Waals surface area contributed by atoms with Gasteiger partial charge in [0, 0.05) is 48.6 Å². The molecule has 172 valence electrons. The maximum Gasteiger partial charge on any atom is 0.258 e. The van der Waals surface area contributed by atoms with E-state index < -0.39 is 0 Å². The maximum atomic E-state index is 13.5. The molecular formula is C26H23FN4O3. The van der Waals surface area contributed by atoms with E-state index in [1.165, 1.54) is 12.1 Å². The quantitative estimate of drug-likeness (QED) is 0.438. The van der Waals surface area contributed by atoms with Crippen LogP contribution in [0.2, 0.25) is 0 Å². The predicted octanol–water partition coefficient (Wildman–Crippen LogP) is 4.51. The van der Waals surface area contributed by atoms with Crippen molar-refractivity contribution in [1.82, 2.24) is 15.0 Å². The molecule has 0 unspecified atom stereocenters. The minimum absolute atomic E-state index is 0.00749. The van der Waals surface area contributed by atoms with Crippen LogP contribution in [0.25, 0.3) is 22.8 Å². The molecule has 8 heteroatoms. The SMILES string of the molecule is COc1ccc(N2CCN(C(=O)c3ccc(-c4nc(-c5cccc(F)c5)no4)cc3)CC2)cc1. The van der Waals surface area contributed by atoms with E-state index in [4.69, 9.17) is 9.26 Å². The van der Waals surface area contributed by atoms with Crippen molar-refractivity contribution < 1.29 is 18.4 Å². The summed E-state index contributed by atoms with van der Waals surface area (Å²) in [6.07, 6.45) is 0. The fraction of sp³-hybridized carbons (Fsp3) is 0.192. The molecule has 0 radical (unpaired) electrons. The number of hydrogen-bond donors (Lipinski definition) is 0. The second-order valence-corrected chi connectivity index (χ2v) is 7.99. The zero-order valence-corrected chi connectivity index (χ0v) is 18.6. The second kappa shape index (κ2) is 9.35. The largest absolute Gasteiger partial charge is 0.497 e. The molecule has 1 fully saturated rings. The van der Waals surface area contributed by atoms with Crippen LogP contribution < -0.4 is 9.64 Å². The van der Waals surface area contributed by atoms with Gasteiger partial charge in [0.25, 0.3) is 11.8 Å². The molecule has 0 atom stereocenters. The highest BCUT2D eigenvalue weighted by molar-refractivity contribution is 5.94. The zero-order valence-electron chi connectivity index (χ0n) is 18.6. The van der Waals surface area contributed by atoms with Crippen LogP contribution in [0, 0.1) is 5.82 Å². The molecular weight excluding hydrogens is 435 g/mol. The first-order valence-electron chi connectivity index (χ1n) is 11.0. The fourth-order valence-electron chi connectivity index (χ4n) is 3.98. The van der Waals surface area contributed by atoms with E-state index in [-0.39, 0.29) is 11.7 Å². The topological polar surface area (TPSA) is 71.7 Å². The number of benzene rings is 3. The average Bonchev–Trinajstić information content (AvgIpc) is 3.39. The lowest BCUT2D eigenvalue weighted by atomic mass is 10.1. The number of methoxy groups -OCH3 is 1. The van der Waals surface area contributed by atoms with Crippen molar-refractivity contribution in [3.8, 4) is 28.6 Å². The molecule has 1 aromatic heterocycles. The highest BCUT2D eigenvalue weighted by Crippen LogP contribution is 2.24. The summed E-state index contributed by atoms with van der Waals surface area (Å²) in [5.41, 5.74) is 2.95. The number of halogens is 1. The number of hydrogen-bond acceptors (Lipinski definition) is 6. The number of amides is 1. The maximum absolute atomic E-state index is 13.5. The molecule has 0 N–H and O–H groups in total. The highest BCUT2D eigenvalue weighted by Gasteiger charge is 2.22. The molecule has 0 spiro atoms. The van der Waals surface area contributed by atoms with E-state index in [1.807, 2.05) is 29.2 Å². The Hall–Kier alpha value is -4.20. The predicted molar refractivity (Wildman–Crippen MR) is 126 cm³/mol. The molecule has 34 heavy (non-hydrogen) atoms. The molecule has 1 amide bonds. The highest BCUT2D eigenvalue weighted by atomic mass is 19.1. The number of piperazine rings is 1. The Bertz CT molecular complexity index is 1280. The molecule has 5 rings (SSSR count). The van der Waals surface area contributed by atoms with Crippen LogP contribution in [0.3, 0.4) is 0 Å². The Morgan fingerprint density at radius 1 is 0.941 bits per heavy atom. The van der Waals surface area contributed by atoms with Gasteiger partial charge in [0.2, 0.25) is 5.82 Å². The Labute approximate surface area is 196 Å². The number of rotatable bonds is 5. The van der Waals surface area contributed by atoms with Crippen molar-refractivity contribution in [2.45, 2.75) is 0 Å². The lowest BCUT2D eigenvalue weighted by molar-refractivity contribution is 0.0747. The van der Waals surface area contributed by atoms with Crippen LogP contribution in [0.15, 0.2) is 77.3 Å². The molecule has 4 aromatic rings. The summed E-state index contributed by atoms with van der Waals surface area (Å²) in [5, 5.41) is 3.94. The van der Waals surface area contributed by atoms with Gasteiger partial charge in [-0.05, 0) is 60.7 Å². The third kappa shape index (κ3) is 4.47.